The van der Waals surface area contributed by atoms with Crippen molar-refractivity contribution in [1.29, 1.82) is 0 Å². The lowest BCUT2D eigenvalue weighted by atomic mass is 10.3. The number of halogens is 4. The van der Waals surface area contributed by atoms with Crippen LogP contribution in [0.4, 0.5) is 13.2 Å². The van der Waals surface area contributed by atoms with Crippen molar-refractivity contribution in [2.24, 2.45) is 5.73 Å². The fourth-order valence-electron chi connectivity index (χ4n) is 2.01. The second-order valence-electron chi connectivity index (χ2n) is 4.91. The van der Waals surface area contributed by atoms with Gasteiger partial charge in [0.05, 0.1) is 16.0 Å². The second-order valence-corrected chi connectivity index (χ2v) is 7.04. The lowest BCUT2D eigenvalue weighted by Crippen LogP contribution is -2.12. The minimum absolute atomic E-state index is 0. The van der Waals surface area contributed by atoms with Crippen LogP contribution >= 0.6 is 35.5 Å². The van der Waals surface area contributed by atoms with Gasteiger partial charge in [-0.05, 0) is 24.3 Å². The third-order valence-corrected chi connectivity index (χ3v) is 5.31. The molecule has 0 atom stereocenters. The van der Waals surface area contributed by atoms with Gasteiger partial charge in [-0.2, -0.15) is 13.2 Å². The Labute approximate surface area is 160 Å². The summed E-state index contributed by atoms with van der Waals surface area (Å²) in [5.41, 5.74) is 5.46. The number of hydrogen-bond donors (Lipinski definition) is 1. The molecule has 0 aromatic carbocycles. The summed E-state index contributed by atoms with van der Waals surface area (Å²) in [7, 11) is 0. The highest BCUT2D eigenvalue weighted by molar-refractivity contribution is 8.00. The molecule has 0 aliphatic heterocycles. The molecule has 2 N–H and O–H groups in total. The Bertz CT molecular complexity index is 933. The maximum Gasteiger partial charge on any atom is 0.451 e. The normalized spacial score (nSPS) is 11.4. The van der Waals surface area contributed by atoms with Crippen LogP contribution < -0.4 is 5.73 Å². The van der Waals surface area contributed by atoms with Crippen LogP contribution in [-0.4, -0.2) is 26.5 Å². The second kappa shape index (κ2) is 8.30. The molecule has 3 rings (SSSR count). The van der Waals surface area contributed by atoms with Crippen LogP contribution in [0.5, 0.6) is 0 Å². The monoisotopic (exact) mass is 420 g/mol. The van der Waals surface area contributed by atoms with Crippen LogP contribution in [0.1, 0.15) is 20.4 Å². The third-order valence-electron chi connectivity index (χ3n) is 3.17. The number of thiophene rings is 1. The van der Waals surface area contributed by atoms with Gasteiger partial charge in [-0.1, -0.05) is 11.8 Å². The highest BCUT2D eigenvalue weighted by atomic mass is 35.5. The number of nitrogens with zero attached hydrogens (tertiary/aromatic N) is 3. The maximum atomic E-state index is 13.0. The van der Waals surface area contributed by atoms with Crippen LogP contribution in [0.2, 0.25) is 0 Å². The molecular formula is C15H12ClF3N4OS2. The van der Waals surface area contributed by atoms with Crippen molar-refractivity contribution in [2.75, 3.05) is 5.75 Å². The van der Waals surface area contributed by atoms with Gasteiger partial charge in [0.1, 0.15) is 5.03 Å². The minimum atomic E-state index is -4.69. The van der Waals surface area contributed by atoms with Gasteiger partial charge in [-0.3, -0.25) is 4.79 Å². The molecule has 26 heavy (non-hydrogen) atoms. The Morgan fingerprint density at radius 3 is 2.65 bits per heavy atom. The first-order valence-electron chi connectivity index (χ1n) is 7.03. The van der Waals surface area contributed by atoms with E-state index >= 15 is 0 Å². The van der Waals surface area contributed by atoms with E-state index in [2.05, 4.69) is 15.0 Å². The number of nitrogens with two attached hydrogens (primary N) is 1. The summed E-state index contributed by atoms with van der Waals surface area (Å²) in [5, 5.41) is 0.455. The van der Waals surface area contributed by atoms with Gasteiger partial charge >= 0.3 is 6.18 Å². The van der Waals surface area contributed by atoms with Crippen molar-refractivity contribution in [1.82, 2.24) is 15.0 Å². The van der Waals surface area contributed by atoms with Crippen molar-refractivity contribution >= 4 is 52.3 Å². The topological polar surface area (TPSA) is 81.8 Å². The molecule has 3 aromatic rings. The van der Waals surface area contributed by atoms with Gasteiger partial charge in [0.2, 0.25) is 5.82 Å². The standard InChI is InChI=1S/C15H11F3N4OS2.ClH/c16-15(17,18)14-21-12-9(2-1-5-20-12)13(22-14)24-7-10(23)11-4-3-8(6-19)25-11;/h1-5H,6-7,19H2;1H. The number of ketones is 1. The molecule has 0 fully saturated rings. The summed E-state index contributed by atoms with van der Waals surface area (Å²) in [6.07, 6.45) is -3.33. The molecule has 0 bridgehead atoms. The SMILES string of the molecule is Cl.NCc1ccc(C(=O)CSc2nc(C(F)(F)F)nc3ncccc23)s1. The van der Waals surface area contributed by atoms with Crippen molar-refractivity contribution in [3.63, 3.8) is 0 Å². The van der Waals surface area contributed by atoms with E-state index in [1.165, 1.54) is 17.5 Å². The Hall–Kier alpha value is -1.75. The van der Waals surface area contributed by atoms with Crippen LogP contribution in [0.25, 0.3) is 11.0 Å². The molecule has 0 aliphatic carbocycles. The number of alkyl halides is 3. The van der Waals surface area contributed by atoms with Crippen molar-refractivity contribution in [2.45, 2.75) is 17.7 Å². The van der Waals surface area contributed by atoms with E-state index in [4.69, 9.17) is 5.73 Å². The largest absolute Gasteiger partial charge is 0.451 e. The highest BCUT2D eigenvalue weighted by Crippen LogP contribution is 2.32. The molecule has 0 amide bonds. The predicted molar refractivity (Wildman–Crippen MR) is 96.8 cm³/mol. The van der Waals surface area contributed by atoms with Gasteiger partial charge in [0, 0.05) is 17.6 Å². The molecule has 0 aliphatic rings. The van der Waals surface area contributed by atoms with Gasteiger partial charge in [-0.15, -0.1) is 23.7 Å². The average molecular weight is 421 g/mol. The summed E-state index contributed by atoms with van der Waals surface area (Å²) in [6, 6.07) is 6.58. The average Bonchev–Trinajstić information content (AvgIpc) is 3.07. The first-order valence-corrected chi connectivity index (χ1v) is 8.83. The Morgan fingerprint density at radius 1 is 1.23 bits per heavy atom. The fraction of sp³-hybridized carbons (Fsp3) is 0.200. The summed E-state index contributed by atoms with van der Waals surface area (Å²) >= 11 is 2.21. The number of fused-ring (bicyclic) bond motifs is 1. The quantitative estimate of drug-likeness (QED) is 0.382. The zero-order valence-electron chi connectivity index (χ0n) is 13.0. The molecule has 5 nitrogen and oxygen atoms in total. The van der Waals surface area contributed by atoms with Crippen molar-refractivity contribution < 1.29 is 18.0 Å². The molecular weight excluding hydrogens is 409 g/mol. The van der Waals surface area contributed by atoms with Crippen LogP contribution in [0, 0.1) is 0 Å². The van der Waals surface area contributed by atoms with E-state index in [1.807, 2.05) is 0 Å². The zero-order valence-corrected chi connectivity index (χ0v) is 15.4. The van der Waals surface area contributed by atoms with E-state index in [1.54, 1.807) is 24.3 Å². The molecule has 0 radical (unpaired) electrons. The Morgan fingerprint density at radius 2 is 2.00 bits per heavy atom. The predicted octanol–water partition coefficient (Wildman–Crippen LogP) is 3.96. The molecule has 0 saturated heterocycles. The number of aromatic nitrogens is 3. The Balaban J connectivity index is 0.00000243. The van der Waals surface area contributed by atoms with E-state index in [0.29, 0.717) is 16.8 Å². The zero-order chi connectivity index (χ0) is 18.0. The molecule has 0 spiro atoms. The van der Waals surface area contributed by atoms with E-state index in [0.717, 1.165) is 16.6 Å². The van der Waals surface area contributed by atoms with Gasteiger partial charge in [-0.25, -0.2) is 15.0 Å². The minimum Gasteiger partial charge on any atom is -0.326 e. The fourth-order valence-corrected chi connectivity index (χ4v) is 3.82. The first-order chi connectivity index (χ1) is 11.9. The summed E-state index contributed by atoms with van der Waals surface area (Å²) in [4.78, 5) is 24.5. The lowest BCUT2D eigenvalue weighted by molar-refractivity contribution is -0.145. The molecule has 3 heterocycles. The maximum absolute atomic E-state index is 13.0. The van der Waals surface area contributed by atoms with Crippen LogP contribution in [-0.2, 0) is 12.7 Å². The highest BCUT2D eigenvalue weighted by Gasteiger charge is 2.35. The molecule has 138 valence electrons. The number of carbonyl (C=O) groups is 1. The van der Waals surface area contributed by atoms with E-state index in [-0.39, 0.29) is 34.6 Å². The van der Waals surface area contributed by atoms with Gasteiger partial charge in [0.25, 0.3) is 0 Å². The first kappa shape index (κ1) is 20.6. The summed E-state index contributed by atoms with van der Waals surface area (Å²) in [5.74, 6) is -1.50. The van der Waals surface area contributed by atoms with E-state index < -0.39 is 12.0 Å². The summed E-state index contributed by atoms with van der Waals surface area (Å²) < 4.78 is 38.9. The van der Waals surface area contributed by atoms with Crippen molar-refractivity contribution in [3.8, 4) is 0 Å². The Kier molecular flexibility index (Phi) is 6.56. The van der Waals surface area contributed by atoms with E-state index in [9.17, 15) is 18.0 Å². The molecule has 0 unspecified atom stereocenters. The molecule has 3 aromatic heterocycles. The smallest absolute Gasteiger partial charge is 0.326 e. The third kappa shape index (κ3) is 4.50. The summed E-state index contributed by atoms with van der Waals surface area (Å²) in [6.45, 7) is 0.336. The number of rotatable bonds is 5. The van der Waals surface area contributed by atoms with Crippen LogP contribution in [0.3, 0.4) is 0 Å². The number of pyridine rings is 1. The molecule has 11 heteroatoms. The van der Waals surface area contributed by atoms with Crippen LogP contribution in [0.15, 0.2) is 35.5 Å². The lowest BCUT2D eigenvalue weighted by Gasteiger charge is -2.09. The number of hydrogen-bond acceptors (Lipinski definition) is 7. The number of carbonyl (C=O) groups excluding carboxylic acids is 1. The van der Waals surface area contributed by atoms with Gasteiger partial charge < -0.3 is 5.73 Å². The van der Waals surface area contributed by atoms with Gasteiger partial charge in [0.15, 0.2) is 11.4 Å². The number of thioether (sulfide) groups is 1. The number of Topliss-reactive ketones (excluding diaryl/α,β-unsaturated/α-hetero) is 1. The molecule has 0 saturated carbocycles. The van der Waals surface area contributed by atoms with Crippen molar-refractivity contribution in [3.05, 3.63) is 46.0 Å².